The van der Waals surface area contributed by atoms with Crippen molar-refractivity contribution < 1.29 is 19.3 Å². The van der Waals surface area contributed by atoms with Crippen LogP contribution in [0.4, 0.5) is 0 Å². The molecular weight excluding hydrogens is 380 g/mol. The first-order valence-electron chi connectivity index (χ1n) is 9.94. The summed E-state index contributed by atoms with van der Waals surface area (Å²) >= 11 is 0. The van der Waals surface area contributed by atoms with Crippen molar-refractivity contribution in [2.45, 2.75) is 13.0 Å². The Labute approximate surface area is 175 Å². The van der Waals surface area contributed by atoms with Crippen LogP contribution in [0.1, 0.15) is 5.56 Å². The highest BCUT2D eigenvalue weighted by Crippen LogP contribution is 2.33. The normalized spacial score (nSPS) is 12.2. The number of aromatic nitrogens is 1. The van der Waals surface area contributed by atoms with E-state index in [1.165, 1.54) is 0 Å². The number of hydrogen-bond donors (Lipinski definition) is 3. The van der Waals surface area contributed by atoms with Crippen molar-refractivity contribution in [1.29, 1.82) is 0 Å². The highest BCUT2D eigenvalue weighted by molar-refractivity contribution is 6.10. The lowest BCUT2D eigenvalue weighted by Crippen LogP contribution is -2.33. The molecule has 0 spiro atoms. The molecule has 0 aliphatic carbocycles. The number of benzene rings is 3. The first kappa shape index (κ1) is 20.1. The van der Waals surface area contributed by atoms with E-state index in [-0.39, 0.29) is 13.3 Å². The van der Waals surface area contributed by atoms with Gasteiger partial charge in [0.25, 0.3) is 0 Å². The zero-order valence-electron chi connectivity index (χ0n) is 17.1. The molecule has 1 atom stereocenters. The molecule has 156 valence electrons. The van der Waals surface area contributed by atoms with E-state index in [1.807, 2.05) is 61.5 Å². The molecule has 0 aliphatic rings. The van der Waals surface area contributed by atoms with Gasteiger partial charge in [-0.3, -0.25) is 5.32 Å². The lowest BCUT2D eigenvalue weighted by molar-refractivity contribution is 0.100. The second-order valence-electron chi connectivity index (χ2n) is 7.21. The van der Waals surface area contributed by atoms with Crippen molar-refractivity contribution in [3.8, 4) is 17.2 Å². The maximum Gasteiger partial charge on any atom is 0.163 e. The maximum absolute atomic E-state index is 10.3. The monoisotopic (exact) mass is 406 g/mol. The van der Waals surface area contributed by atoms with Gasteiger partial charge < -0.3 is 24.3 Å². The molecular formula is C24H26N2O4. The van der Waals surface area contributed by atoms with Crippen molar-refractivity contribution in [3.63, 3.8) is 0 Å². The summed E-state index contributed by atoms with van der Waals surface area (Å²) in [5.41, 5.74) is 3.18. The van der Waals surface area contributed by atoms with Gasteiger partial charge in [0.2, 0.25) is 0 Å². The lowest BCUT2D eigenvalue weighted by atomic mass is 10.1. The summed E-state index contributed by atoms with van der Waals surface area (Å²) in [6.45, 7) is 2.78. The van der Waals surface area contributed by atoms with Crippen LogP contribution in [0.3, 0.4) is 0 Å². The van der Waals surface area contributed by atoms with E-state index in [0.29, 0.717) is 18.0 Å². The van der Waals surface area contributed by atoms with Crippen LogP contribution in [0.15, 0.2) is 60.7 Å². The molecule has 6 heteroatoms. The van der Waals surface area contributed by atoms with Crippen molar-refractivity contribution in [2.24, 2.45) is 0 Å². The molecule has 30 heavy (non-hydrogen) atoms. The van der Waals surface area contributed by atoms with E-state index in [2.05, 4.69) is 16.4 Å². The summed E-state index contributed by atoms with van der Waals surface area (Å²) in [7, 11) is 1.62. The molecule has 3 N–H and O–H groups in total. The average molecular weight is 406 g/mol. The van der Waals surface area contributed by atoms with Crippen molar-refractivity contribution in [1.82, 2.24) is 10.3 Å². The molecule has 0 saturated heterocycles. The summed E-state index contributed by atoms with van der Waals surface area (Å²) in [5, 5.41) is 15.5. The summed E-state index contributed by atoms with van der Waals surface area (Å²) in [4.78, 5) is 3.39. The Morgan fingerprint density at radius 3 is 2.63 bits per heavy atom. The average Bonchev–Trinajstić information content (AvgIpc) is 3.15. The second-order valence-corrected chi connectivity index (χ2v) is 7.21. The Morgan fingerprint density at radius 1 is 0.933 bits per heavy atom. The fraction of sp³-hybridized carbons (Fsp3) is 0.250. The van der Waals surface area contributed by atoms with Gasteiger partial charge in [-0.15, -0.1) is 0 Å². The van der Waals surface area contributed by atoms with Crippen LogP contribution >= 0.6 is 0 Å². The van der Waals surface area contributed by atoms with Gasteiger partial charge >= 0.3 is 0 Å². The van der Waals surface area contributed by atoms with Crippen LogP contribution in [0.2, 0.25) is 0 Å². The molecule has 0 bridgehead atoms. The first-order chi connectivity index (χ1) is 14.7. The van der Waals surface area contributed by atoms with Crippen molar-refractivity contribution >= 4 is 21.8 Å². The summed E-state index contributed by atoms with van der Waals surface area (Å²) < 4.78 is 17.0. The fourth-order valence-electron chi connectivity index (χ4n) is 3.48. The molecule has 1 aromatic heterocycles. The van der Waals surface area contributed by atoms with E-state index < -0.39 is 6.10 Å². The second kappa shape index (κ2) is 9.07. The van der Waals surface area contributed by atoms with Crippen LogP contribution in [0, 0.1) is 6.92 Å². The van der Waals surface area contributed by atoms with E-state index in [4.69, 9.17) is 14.2 Å². The fourth-order valence-corrected chi connectivity index (χ4v) is 3.48. The molecule has 0 fully saturated rings. The van der Waals surface area contributed by atoms with Crippen LogP contribution in [-0.2, 0) is 0 Å². The minimum Gasteiger partial charge on any atom is -0.493 e. The Bertz CT molecular complexity index is 1140. The molecule has 0 amide bonds. The van der Waals surface area contributed by atoms with E-state index in [0.717, 1.165) is 33.1 Å². The number of H-pyrrole nitrogens is 1. The number of aliphatic hydroxyl groups is 1. The summed E-state index contributed by atoms with van der Waals surface area (Å²) in [5.74, 6) is 2.10. The number of nitrogens with one attached hydrogen (secondary N) is 2. The molecule has 3 aromatic carbocycles. The predicted octanol–water partition coefficient (Wildman–Crippen LogP) is 4.00. The number of ether oxygens (including phenoxy) is 3. The SMILES string of the molecule is COc1cc(C)ccc1OCNCC(O)COc1cccc2[nH]c3ccccc3c12. The van der Waals surface area contributed by atoms with Gasteiger partial charge in [-0.25, -0.2) is 0 Å². The van der Waals surface area contributed by atoms with Gasteiger partial charge in [0, 0.05) is 22.8 Å². The number of para-hydroxylation sites is 1. The minimum absolute atomic E-state index is 0.180. The van der Waals surface area contributed by atoms with Crippen LogP contribution in [0.5, 0.6) is 17.2 Å². The van der Waals surface area contributed by atoms with Gasteiger partial charge in [-0.2, -0.15) is 0 Å². The van der Waals surface area contributed by atoms with Crippen molar-refractivity contribution in [2.75, 3.05) is 27.0 Å². The Kier molecular flexibility index (Phi) is 6.07. The van der Waals surface area contributed by atoms with Gasteiger partial charge in [0.05, 0.1) is 12.6 Å². The number of hydrogen-bond acceptors (Lipinski definition) is 5. The molecule has 1 heterocycles. The third kappa shape index (κ3) is 4.35. The van der Waals surface area contributed by atoms with Gasteiger partial charge in [-0.05, 0) is 42.8 Å². The number of aromatic amines is 1. The highest BCUT2D eigenvalue weighted by atomic mass is 16.5. The minimum atomic E-state index is -0.672. The standard InChI is InChI=1S/C24H26N2O4/c1-16-10-11-21(23(12-16)28-2)30-15-25-13-17(27)14-29-22-9-5-8-20-24(22)18-6-3-4-7-19(18)26-20/h3-12,17,25-27H,13-15H2,1-2H3. The lowest BCUT2D eigenvalue weighted by Gasteiger charge is -2.15. The number of aryl methyl sites for hydroxylation is 1. The Morgan fingerprint density at radius 2 is 1.77 bits per heavy atom. The zero-order valence-corrected chi connectivity index (χ0v) is 17.1. The predicted molar refractivity (Wildman–Crippen MR) is 119 cm³/mol. The van der Waals surface area contributed by atoms with Gasteiger partial charge in [0.15, 0.2) is 11.5 Å². The van der Waals surface area contributed by atoms with Crippen molar-refractivity contribution in [3.05, 3.63) is 66.2 Å². The van der Waals surface area contributed by atoms with E-state index in [1.54, 1.807) is 7.11 Å². The quantitative estimate of drug-likeness (QED) is 0.289. The van der Waals surface area contributed by atoms with Crippen LogP contribution in [0.25, 0.3) is 21.8 Å². The number of fused-ring (bicyclic) bond motifs is 3. The zero-order chi connectivity index (χ0) is 20.9. The van der Waals surface area contributed by atoms with Gasteiger partial charge in [-0.1, -0.05) is 30.3 Å². The first-order valence-corrected chi connectivity index (χ1v) is 9.94. The molecule has 6 nitrogen and oxygen atoms in total. The Balaban J connectivity index is 1.31. The summed E-state index contributed by atoms with van der Waals surface area (Å²) in [6, 6.07) is 19.8. The third-order valence-electron chi connectivity index (χ3n) is 4.95. The number of methoxy groups -OCH3 is 1. The smallest absolute Gasteiger partial charge is 0.163 e. The maximum atomic E-state index is 10.3. The number of rotatable bonds is 9. The Hall–Kier alpha value is -3.22. The molecule has 0 aliphatic heterocycles. The largest absolute Gasteiger partial charge is 0.493 e. The highest BCUT2D eigenvalue weighted by Gasteiger charge is 2.12. The van der Waals surface area contributed by atoms with Crippen LogP contribution in [-0.4, -0.2) is 43.2 Å². The molecule has 4 aromatic rings. The number of aliphatic hydroxyl groups excluding tert-OH is 1. The molecule has 4 rings (SSSR count). The molecule has 0 saturated carbocycles. The third-order valence-corrected chi connectivity index (χ3v) is 4.95. The molecule has 1 unspecified atom stereocenters. The van der Waals surface area contributed by atoms with Crippen LogP contribution < -0.4 is 19.5 Å². The summed E-state index contributed by atoms with van der Waals surface area (Å²) in [6.07, 6.45) is -0.672. The van der Waals surface area contributed by atoms with Gasteiger partial charge in [0.1, 0.15) is 25.2 Å². The topological polar surface area (TPSA) is 75.7 Å². The van der Waals surface area contributed by atoms with E-state index in [9.17, 15) is 5.11 Å². The van der Waals surface area contributed by atoms with E-state index >= 15 is 0 Å². The molecule has 0 radical (unpaired) electrons.